The lowest BCUT2D eigenvalue weighted by Gasteiger charge is -2.70. The number of carbonyl (C=O) groups is 1. The summed E-state index contributed by atoms with van der Waals surface area (Å²) in [7, 11) is 0. The molecule has 4 fully saturated rings. The van der Waals surface area contributed by atoms with Gasteiger partial charge in [0.05, 0.1) is 0 Å². The van der Waals surface area contributed by atoms with E-state index in [1.54, 1.807) is 0 Å². The van der Waals surface area contributed by atoms with Crippen LogP contribution in [0.3, 0.4) is 0 Å². The SMILES string of the molecule is CC1(C)CC[C@]2(C)CC[C@]3(C)C(=CCC4[C@@]5(C)CCC(=O)C(C)(C)C5CC[C@]43C)[C@@H]2C1. The van der Waals surface area contributed by atoms with Crippen molar-refractivity contribution in [3.8, 4) is 0 Å². The molecule has 0 heterocycles. The fourth-order valence-corrected chi connectivity index (χ4v) is 10.3. The Hall–Kier alpha value is -0.590. The molecule has 0 aromatic carbocycles. The Balaban J connectivity index is 1.58. The molecule has 174 valence electrons. The summed E-state index contributed by atoms with van der Waals surface area (Å²) in [6.07, 6.45) is 15.5. The first-order valence-corrected chi connectivity index (χ1v) is 13.4. The number of carbonyl (C=O) groups excluding carboxylic acids is 1. The lowest BCUT2D eigenvalue weighted by Crippen LogP contribution is -2.64. The first kappa shape index (κ1) is 22.2. The third-order valence-corrected chi connectivity index (χ3v) is 12.8. The number of fused-ring (bicyclic) bond motifs is 7. The number of Topliss-reactive ketones (excluding diaryl/α,β-unsaturated/α-hetero) is 1. The second-order valence-electron chi connectivity index (χ2n) is 15.0. The minimum Gasteiger partial charge on any atom is -0.299 e. The van der Waals surface area contributed by atoms with Crippen LogP contribution in [-0.2, 0) is 4.79 Å². The first-order chi connectivity index (χ1) is 14.2. The van der Waals surface area contributed by atoms with Crippen LogP contribution in [0.1, 0.15) is 120 Å². The molecule has 0 bridgehead atoms. The number of ketones is 1. The number of rotatable bonds is 0. The zero-order valence-electron chi connectivity index (χ0n) is 21.8. The van der Waals surface area contributed by atoms with Crippen LogP contribution in [0.25, 0.3) is 0 Å². The van der Waals surface area contributed by atoms with Gasteiger partial charge in [-0.3, -0.25) is 4.79 Å². The summed E-state index contributed by atoms with van der Waals surface area (Å²) in [5, 5.41) is 0. The van der Waals surface area contributed by atoms with Gasteiger partial charge in [0.25, 0.3) is 0 Å². The van der Waals surface area contributed by atoms with Crippen LogP contribution in [0.15, 0.2) is 11.6 Å². The van der Waals surface area contributed by atoms with Gasteiger partial charge >= 0.3 is 0 Å². The molecule has 0 saturated heterocycles. The van der Waals surface area contributed by atoms with Crippen molar-refractivity contribution < 1.29 is 4.79 Å². The highest BCUT2D eigenvalue weighted by Gasteiger charge is 2.67. The average molecular weight is 425 g/mol. The highest BCUT2D eigenvalue weighted by molar-refractivity contribution is 5.85. The van der Waals surface area contributed by atoms with E-state index >= 15 is 0 Å². The normalized spacial score (nSPS) is 52.8. The molecular weight excluding hydrogens is 376 g/mol. The molecule has 1 nitrogen and oxygen atoms in total. The van der Waals surface area contributed by atoms with Gasteiger partial charge in [-0.25, -0.2) is 0 Å². The molecule has 0 N–H and O–H groups in total. The summed E-state index contributed by atoms with van der Waals surface area (Å²) < 4.78 is 0. The summed E-state index contributed by atoms with van der Waals surface area (Å²) >= 11 is 0. The molecule has 7 atom stereocenters. The predicted octanol–water partition coefficient (Wildman–Crippen LogP) is 8.38. The second-order valence-corrected chi connectivity index (χ2v) is 15.0. The van der Waals surface area contributed by atoms with Crippen molar-refractivity contribution in [2.75, 3.05) is 0 Å². The van der Waals surface area contributed by atoms with Crippen molar-refractivity contribution in [1.82, 2.24) is 0 Å². The zero-order chi connectivity index (χ0) is 22.7. The van der Waals surface area contributed by atoms with Gasteiger partial charge in [-0.2, -0.15) is 0 Å². The van der Waals surface area contributed by atoms with Crippen LogP contribution >= 0.6 is 0 Å². The molecule has 5 aliphatic rings. The van der Waals surface area contributed by atoms with Crippen LogP contribution in [-0.4, -0.2) is 5.78 Å². The molecule has 0 aliphatic heterocycles. The molecule has 0 aromatic rings. The largest absolute Gasteiger partial charge is 0.299 e. The fraction of sp³-hybridized carbons (Fsp3) is 0.900. The van der Waals surface area contributed by atoms with Crippen LogP contribution < -0.4 is 0 Å². The van der Waals surface area contributed by atoms with Crippen LogP contribution in [0.4, 0.5) is 0 Å². The van der Waals surface area contributed by atoms with E-state index in [1.165, 1.54) is 51.4 Å². The Morgan fingerprint density at radius 2 is 1.48 bits per heavy atom. The summed E-state index contributed by atoms with van der Waals surface area (Å²) in [5.74, 6) is 2.58. The minimum absolute atomic E-state index is 0.141. The van der Waals surface area contributed by atoms with Crippen molar-refractivity contribution >= 4 is 5.78 Å². The summed E-state index contributed by atoms with van der Waals surface area (Å²) in [6, 6.07) is 0. The van der Waals surface area contributed by atoms with Gasteiger partial charge < -0.3 is 0 Å². The van der Waals surface area contributed by atoms with E-state index in [4.69, 9.17) is 0 Å². The molecule has 4 saturated carbocycles. The van der Waals surface area contributed by atoms with Crippen molar-refractivity contribution in [2.24, 2.45) is 50.2 Å². The maximum absolute atomic E-state index is 12.9. The molecule has 5 rings (SSSR count). The van der Waals surface area contributed by atoms with Crippen LogP contribution in [0, 0.1) is 50.2 Å². The molecule has 31 heavy (non-hydrogen) atoms. The van der Waals surface area contributed by atoms with Gasteiger partial charge in [0.15, 0.2) is 0 Å². The minimum atomic E-state index is -0.141. The van der Waals surface area contributed by atoms with E-state index < -0.39 is 0 Å². The standard InChI is InChI=1S/C30H48O/c1-25(2)15-16-27(5)17-18-29(7)20(21(27)19-25)9-10-23-28(6)13-12-24(31)26(3,4)22(28)11-14-30(23,29)8/h9,21-23H,10-19H2,1-8H3/t21-,22?,23?,27+,28-,29+,30+/m0/s1. The topological polar surface area (TPSA) is 17.1 Å². The van der Waals surface area contributed by atoms with Gasteiger partial charge in [0, 0.05) is 11.8 Å². The van der Waals surface area contributed by atoms with Crippen molar-refractivity contribution in [2.45, 2.75) is 120 Å². The number of allylic oxidation sites excluding steroid dienone is 2. The van der Waals surface area contributed by atoms with Crippen molar-refractivity contribution in [3.63, 3.8) is 0 Å². The predicted molar refractivity (Wildman–Crippen MR) is 130 cm³/mol. The molecule has 0 radical (unpaired) electrons. The lowest BCUT2D eigenvalue weighted by molar-refractivity contribution is -0.184. The van der Waals surface area contributed by atoms with Crippen molar-refractivity contribution in [3.05, 3.63) is 11.6 Å². The quantitative estimate of drug-likeness (QED) is 0.357. The number of hydrogen-bond acceptors (Lipinski definition) is 1. The van der Waals surface area contributed by atoms with E-state index in [0.717, 1.165) is 24.7 Å². The van der Waals surface area contributed by atoms with Gasteiger partial charge in [-0.1, -0.05) is 67.0 Å². The monoisotopic (exact) mass is 424 g/mol. The average Bonchev–Trinajstić information content (AvgIpc) is 2.67. The smallest absolute Gasteiger partial charge is 0.138 e. The van der Waals surface area contributed by atoms with E-state index in [2.05, 4.69) is 61.5 Å². The third-order valence-electron chi connectivity index (χ3n) is 12.8. The van der Waals surface area contributed by atoms with Gasteiger partial charge in [-0.15, -0.1) is 0 Å². The summed E-state index contributed by atoms with van der Waals surface area (Å²) in [4.78, 5) is 12.9. The van der Waals surface area contributed by atoms with E-state index in [9.17, 15) is 4.79 Å². The first-order valence-electron chi connectivity index (χ1n) is 13.4. The highest BCUT2D eigenvalue weighted by Crippen LogP contribution is 2.75. The Kier molecular flexibility index (Phi) is 4.51. The molecule has 1 heteroatoms. The second kappa shape index (κ2) is 6.29. The fourth-order valence-electron chi connectivity index (χ4n) is 10.3. The maximum atomic E-state index is 12.9. The molecule has 0 amide bonds. The Labute approximate surface area is 192 Å². The van der Waals surface area contributed by atoms with E-state index in [1.807, 2.05) is 5.57 Å². The highest BCUT2D eigenvalue weighted by atomic mass is 16.1. The Bertz CT molecular complexity index is 831. The van der Waals surface area contributed by atoms with Crippen LogP contribution in [0.5, 0.6) is 0 Å². The Morgan fingerprint density at radius 1 is 0.806 bits per heavy atom. The maximum Gasteiger partial charge on any atom is 0.138 e. The lowest BCUT2D eigenvalue weighted by atomic mass is 9.34. The van der Waals surface area contributed by atoms with E-state index in [0.29, 0.717) is 38.8 Å². The van der Waals surface area contributed by atoms with E-state index in [-0.39, 0.29) is 5.41 Å². The van der Waals surface area contributed by atoms with Gasteiger partial charge in [-0.05, 0) is 103 Å². The van der Waals surface area contributed by atoms with Gasteiger partial charge in [0.2, 0.25) is 0 Å². The number of hydrogen-bond donors (Lipinski definition) is 0. The Morgan fingerprint density at radius 3 is 2.19 bits per heavy atom. The molecule has 0 spiro atoms. The molecular formula is C30H48O. The zero-order valence-corrected chi connectivity index (χ0v) is 21.8. The molecule has 5 aliphatic carbocycles. The molecule has 0 aromatic heterocycles. The third kappa shape index (κ3) is 2.70. The summed E-state index contributed by atoms with van der Waals surface area (Å²) in [6.45, 7) is 20.1. The molecule has 2 unspecified atom stereocenters. The van der Waals surface area contributed by atoms with Crippen molar-refractivity contribution in [1.29, 1.82) is 0 Å². The van der Waals surface area contributed by atoms with Gasteiger partial charge in [0.1, 0.15) is 5.78 Å². The summed E-state index contributed by atoms with van der Waals surface area (Å²) in [5.41, 5.74) is 3.75. The van der Waals surface area contributed by atoms with Crippen LogP contribution in [0.2, 0.25) is 0 Å².